The molecule has 0 bridgehead atoms. The third kappa shape index (κ3) is 3.77. The summed E-state index contributed by atoms with van der Waals surface area (Å²) >= 11 is 0. The molecule has 4 aromatic rings. The number of hydrogen-bond donors (Lipinski definition) is 1. The van der Waals surface area contributed by atoms with E-state index in [1.165, 1.54) is 0 Å². The maximum absolute atomic E-state index is 13.6. The van der Waals surface area contributed by atoms with Crippen LogP contribution in [0.4, 0.5) is 5.95 Å². The quantitative estimate of drug-likeness (QED) is 0.463. The molecule has 0 radical (unpaired) electrons. The highest BCUT2D eigenvalue weighted by Crippen LogP contribution is 2.32. The van der Waals surface area contributed by atoms with Gasteiger partial charge < -0.3 is 15.5 Å². The lowest BCUT2D eigenvalue weighted by molar-refractivity contribution is 0.0740. The molecule has 0 spiro atoms. The van der Waals surface area contributed by atoms with E-state index in [1.54, 1.807) is 4.90 Å². The normalized spacial score (nSPS) is 17.0. The molecule has 180 valence electrons. The number of nitrogens with two attached hydrogens (primary N) is 1. The molecule has 7 nitrogen and oxygen atoms in total. The van der Waals surface area contributed by atoms with E-state index in [1.807, 2.05) is 71.6 Å². The van der Waals surface area contributed by atoms with Crippen molar-refractivity contribution in [2.45, 2.75) is 38.9 Å². The van der Waals surface area contributed by atoms with E-state index in [0.717, 1.165) is 41.6 Å². The van der Waals surface area contributed by atoms with Gasteiger partial charge >= 0.3 is 0 Å². The van der Waals surface area contributed by atoms with E-state index in [9.17, 15) is 9.59 Å². The Kier molecular flexibility index (Phi) is 5.40. The first-order valence-corrected chi connectivity index (χ1v) is 12.3. The minimum atomic E-state index is -0.183. The number of carbonyl (C=O) groups excluding carboxylic acids is 2. The minimum absolute atomic E-state index is 0.0374. The fraction of sp³-hybridized carbons (Fsp3) is 0.241. The van der Waals surface area contributed by atoms with Crippen LogP contribution in [-0.2, 0) is 13.1 Å². The van der Waals surface area contributed by atoms with Crippen LogP contribution in [0, 0.1) is 0 Å². The van der Waals surface area contributed by atoms with Gasteiger partial charge in [-0.15, -0.1) is 0 Å². The van der Waals surface area contributed by atoms with Crippen molar-refractivity contribution < 1.29 is 9.59 Å². The summed E-state index contributed by atoms with van der Waals surface area (Å²) in [5.74, 6) is -0.0815. The van der Waals surface area contributed by atoms with Crippen molar-refractivity contribution in [2.75, 3.05) is 12.3 Å². The van der Waals surface area contributed by atoms with Gasteiger partial charge in [0.05, 0.1) is 5.52 Å². The van der Waals surface area contributed by atoms with Gasteiger partial charge in [0.25, 0.3) is 11.8 Å². The van der Waals surface area contributed by atoms with Gasteiger partial charge in [-0.05, 0) is 60.2 Å². The lowest BCUT2D eigenvalue weighted by atomic mass is 9.96. The van der Waals surface area contributed by atoms with Crippen LogP contribution in [0.5, 0.6) is 0 Å². The monoisotopic (exact) mass is 477 g/mol. The summed E-state index contributed by atoms with van der Waals surface area (Å²) in [6.07, 6.45) is 2.05. The first-order chi connectivity index (χ1) is 17.5. The van der Waals surface area contributed by atoms with Gasteiger partial charge in [-0.3, -0.25) is 9.59 Å². The smallest absolute Gasteiger partial charge is 0.273 e. The van der Waals surface area contributed by atoms with E-state index in [-0.39, 0.29) is 29.5 Å². The van der Waals surface area contributed by atoms with Crippen LogP contribution in [-0.4, -0.2) is 44.2 Å². The number of aromatic nitrogens is 2. The second-order valence-corrected chi connectivity index (χ2v) is 9.63. The van der Waals surface area contributed by atoms with Crippen LogP contribution in [0.3, 0.4) is 0 Å². The molecule has 7 heteroatoms. The van der Waals surface area contributed by atoms with Crippen molar-refractivity contribution in [3.05, 3.63) is 89.1 Å². The Bertz CT molecular complexity index is 1490. The van der Waals surface area contributed by atoms with Crippen LogP contribution in [0.25, 0.3) is 22.0 Å². The summed E-state index contributed by atoms with van der Waals surface area (Å²) in [5, 5.41) is 0.624. The van der Waals surface area contributed by atoms with Crippen molar-refractivity contribution >= 4 is 28.7 Å². The highest BCUT2D eigenvalue weighted by molar-refractivity contribution is 6.07. The molecule has 0 aliphatic carbocycles. The fourth-order valence-electron chi connectivity index (χ4n) is 5.41. The Morgan fingerprint density at radius 2 is 1.64 bits per heavy atom. The van der Waals surface area contributed by atoms with E-state index < -0.39 is 0 Å². The number of likely N-dealkylation sites (tertiary alicyclic amines) is 1. The second-order valence-electron chi connectivity index (χ2n) is 9.63. The zero-order chi connectivity index (χ0) is 24.8. The third-order valence-electron chi connectivity index (χ3n) is 7.33. The number of rotatable bonds is 3. The highest BCUT2D eigenvalue weighted by atomic mass is 16.2. The van der Waals surface area contributed by atoms with Gasteiger partial charge in [-0.25, -0.2) is 9.97 Å². The van der Waals surface area contributed by atoms with E-state index in [2.05, 4.69) is 16.9 Å². The predicted octanol–water partition coefficient (Wildman–Crippen LogP) is 4.66. The Labute approximate surface area is 209 Å². The second kappa shape index (κ2) is 8.75. The maximum Gasteiger partial charge on any atom is 0.273 e. The van der Waals surface area contributed by atoms with Crippen molar-refractivity contribution in [3.8, 4) is 11.1 Å². The maximum atomic E-state index is 13.6. The SMILES string of the molecule is C[C@H]1CCCN1C(=O)c1ccccc1-c1ccc2nc(N)nc(C(=O)N3Cc4ccccc4C3)c2c1. The molecule has 36 heavy (non-hydrogen) atoms. The van der Waals surface area contributed by atoms with Crippen molar-refractivity contribution in [2.24, 2.45) is 0 Å². The van der Waals surface area contributed by atoms with Gasteiger partial charge in [-0.1, -0.05) is 48.5 Å². The molecule has 1 aromatic heterocycles. The largest absolute Gasteiger partial charge is 0.368 e. The van der Waals surface area contributed by atoms with Gasteiger partial charge in [0.2, 0.25) is 5.95 Å². The average Bonchev–Trinajstić information content (AvgIpc) is 3.53. The molecule has 3 aromatic carbocycles. The molecule has 1 saturated heterocycles. The molecule has 1 fully saturated rings. The van der Waals surface area contributed by atoms with Gasteiger partial charge in [0.15, 0.2) is 0 Å². The standard InChI is InChI=1S/C29H27N5O2/c1-18-7-6-14-34(18)27(35)23-11-5-4-10-22(23)19-12-13-25-24(15-19)26(32-29(30)31-25)28(36)33-16-20-8-2-3-9-21(20)17-33/h2-5,8-13,15,18H,6-7,14,16-17H2,1H3,(H2,30,31,32)/t18-/m0/s1. The number of hydrogen-bond acceptors (Lipinski definition) is 5. The highest BCUT2D eigenvalue weighted by Gasteiger charge is 2.29. The number of fused-ring (bicyclic) bond motifs is 2. The van der Waals surface area contributed by atoms with Gasteiger partial charge in [-0.2, -0.15) is 0 Å². The zero-order valence-corrected chi connectivity index (χ0v) is 20.1. The summed E-state index contributed by atoms with van der Waals surface area (Å²) in [4.78, 5) is 39.6. The average molecular weight is 478 g/mol. The summed E-state index contributed by atoms with van der Waals surface area (Å²) in [7, 11) is 0. The zero-order valence-electron chi connectivity index (χ0n) is 20.1. The lowest BCUT2D eigenvalue weighted by Gasteiger charge is -2.23. The molecule has 2 aliphatic rings. The van der Waals surface area contributed by atoms with Gasteiger partial charge in [0, 0.05) is 36.6 Å². The van der Waals surface area contributed by atoms with Crippen molar-refractivity contribution in [1.82, 2.24) is 19.8 Å². The number of benzene rings is 3. The van der Waals surface area contributed by atoms with Crippen LogP contribution >= 0.6 is 0 Å². The molecular formula is C29H27N5O2. The molecule has 0 unspecified atom stereocenters. The summed E-state index contributed by atoms with van der Waals surface area (Å²) in [6, 6.07) is 21.6. The number of nitrogens with zero attached hydrogens (tertiary/aromatic N) is 4. The van der Waals surface area contributed by atoms with E-state index >= 15 is 0 Å². The molecular weight excluding hydrogens is 450 g/mol. The number of anilines is 1. The fourth-order valence-corrected chi connectivity index (χ4v) is 5.41. The number of amides is 2. The van der Waals surface area contributed by atoms with Crippen molar-refractivity contribution in [1.29, 1.82) is 0 Å². The van der Waals surface area contributed by atoms with Crippen LogP contribution in [0.15, 0.2) is 66.7 Å². The molecule has 3 heterocycles. The topological polar surface area (TPSA) is 92.4 Å². The molecule has 2 aliphatic heterocycles. The molecule has 6 rings (SSSR count). The molecule has 2 N–H and O–H groups in total. The Balaban J connectivity index is 1.41. The third-order valence-corrected chi connectivity index (χ3v) is 7.33. The Hall–Kier alpha value is -4.26. The Morgan fingerprint density at radius 3 is 2.36 bits per heavy atom. The summed E-state index contributed by atoms with van der Waals surface area (Å²) < 4.78 is 0. The molecule has 0 saturated carbocycles. The number of carbonyl (C=O) groups is 2. The minimum Gasteiger partial charge on any atom is -0.368 e. The first kappa shape index (κ1) is 22.2. The van der Waals surface area contributed by atoms with E-state index in [4.69, 9.17) is 5.73 Å². The number of nitrogen functional groups attached to an aromatic ring is 1. The molecule has 1 atom stereocenters. The predicted molar refractivity (Wildman–Crippen MR) is 139 cm³/mol. The van der Waals surface area contributed by atoms with Crippen LogP contribution in [0.2, 0.25) is 0 Å². The Morgan fingerprint density at radius 1 is 0.917 bits per heavy atom. The van der Waals surface area contributed by atoms with Crippen molar-refractivity contribution in [3.63, 3.8) is 0 Å². The lowest BCUT2D eigenvalue weighted by Crippen LogP contribution is -2.33. The summed E-state index contributed by atoms with van der Waals surface area (Å²) in [6.45, 7) is 3.94. The first-order valence-electron chi connectivity index (χ1n) is 12.3. The van der Waals surface area contributed by atoms with Gasteiger partial charge in [0.1, 0.15) is 5.69 Å². The summed E-state index contributed by atoms with van der Waals surface area (Å²) in [5.41, 5.74) is 11.5. The van der Waals surface area contributed by atoms with Crippen LogP contribution in [0.1, 0.15) is 51.7 Å². The van der Waals surface area contributed by atoms with E-state index in [0.29, 0.717) is 29.6 Å². The molecule has 2 amide bonds. The van der Waals surface area contributed by atoms with Crippen LogP contribution < -0.4 is 5.73 Å².